The van der Waals surface area contributed by atoms with Crippen molar-refractivity contribution in [2.75, 3.05) is 13.1 Å². The summed E-state index contributed by atoms with van der Waals surface area (Å²) >= 11 is 0. The molecule has 0 aliphatic carbocycles. The summed E-state index contributed by atoms with van der Waals surface area (Å²) in [5.74, 6) is 0.00511. The summed E-state index contributed by atoms with van der Waals surface area (Å²) in [5.41, 5.74) is 7.04. The van der Waals surface area contributed by atoms with E-state index in [0.717, 1.165) is 17.7 Å². The number of non-ortho nitro benzene ring substituents is 1. The van der Waals surface area contributed by atoms with Gasteiger partial charge in [0.25, 0.3) is 5.69 Å². The Labute approximate surface area is 138 Å². The average Bonchev–Trinajstić information content (AvgIpc) is 3.24. The van der Waals surface area contributed by atoms with Gasteiger partial charge in [0.1, 0.15) is 0 Å². The zero-order valence-corrected chi connectivity index (χ0v) is 13.0. The fourth-order valence-corrected chi connectivity index (χ4v) is 2.79. The number of hydrogen-bond donors (Lipinski definition) is 1. The monoisotopic (exact) mass is 330 g/mol. The van der Waals surface area contributed by atoms with E-state index in [1.807, 2.05) is 6.20 Å². The maximum absolute atomic E-state index is 12.4. The first kappa shape index (κ1) is 16.1. The summed E-state index contributed by atoms with van der Waals surface area (Å²) in [6, 6.07) is 6.18. The van der Waals surface area contributed by atoms with Gasteiger partial charge in [-0.3, -0.25) is 14.9 Å². The molecule has 1 fully saturated rings. The van der Waals surface area contributed by atoms with Crippen LogP contribution in [0.3, 0.4) is 0 Å². The fourth-order valence-electron chi connectivity index (χ4n) is 2.79. The first-order chi connectivity index (χ1) is 11.6. The van der Waals surface area contributed by atoms with Gasteiger partial charge in [0, 0.05) is 31.8 Å². The number of amides is 1. The van der Waals surface area contributed by atoms with Crippen molar-refractivity contribution < 1.29 is 9.72 Å². The van der Waals surface area contributed by atoms with E-state index in [2.05, 4.69) is 10.3 Å². The van der Waals surface area contributed by atoms with Gasteiger partial charge in [0.15, 0.2) is 0 Å². The third-order valence-corrected chi connectivity index (χ3v) is 4.16. The number of aromatic nitrogens is 3. The Bertz CT molecular complexity index is 742. The summed E-state index contributed by atoms with van der Waals surface area (Å²) in [7, 11) is 0. The molecule has 1 aromatic carbocycles. The Kier molecular flexibility index (Phi) is 4.52. The van der Waals surface area contributed by atoms with Crippen molar-refractivity contribution >= 4 is 11.6 Å². The second-order valence-corrected chi connectivity index (χ2v) is 5.78. The molecule has 0 spiro atoms. The molecule has 1 unspecified atom stereocenters. The van der Waals surface area contributed by atoms with Crippen LogP contribution < -0.4 is 5.73 Å². The van der Waals surface area contributed by atoms with Crippen molar-refractivity contribution in [3.05, 3.63) is 51.8 Å². The lowest BCUT2D eigenvalue weighted by molar-refractivity contribution is -0.384. The SMILES string of the molecule is NCc1cn(C2CCN(C(=O)Cc3ccc([N+](=O)[O-])cc3)C2)nn1. The van der Waals surface area contributed by atoms with Gasteiger partial charge in [-0.2, -0.15) is 0 Å². The lowest BCUT2D eigenvalue weighted by Crippen LogP contribution is -2.30. The van der Waals surface area contributed by atoms with Crippen molar-refractivity contribution in [3.8, 4) is 0 Å². The molecular weight excluding hydrogens is 312 g/mol. The third kappa shape index (κ3) is 3.40. The number of carbonyl (C=O) groups is 1. The number of benzene rings is 1. The van der Waals surface area contributed by atoms with Crippen LogP contribution in [0.2, 0.25) is 0 Å². The normalized spacial score (nSPS) is 17.2. The highest BCUT2D eigenvalue weighted by molar-refractivity contribution is 5.79. The van der Waals surface area contributed by atoms with Crippen molar-refractivity contribution in [1.29, 1.82) is 0 Å². The van der Waals surface area contributed by atoms with E-state index in [0.29, 0.717) is 19.6 Å². The Morgan fingerprint density at radius 1 is 1.38 bits per heavy atom. The van der Waals surface area contributed by atoms with Crippen LogP contribution >= 0.6 is 0 Å². The number of nitro benzene ring substituents is 1. The molecule has 2 N–H and O–H groups in total. The molecule has 24 heavy (non-hydrogen) atoms. The van der Waals surface area contributed by atoms with Crippen LogP contribution in [-0.2, 0) is 17.8 Å². The number of rotatable bonds is 5. The van der Waals surface area contributed by atoms with Crippen LogP contribution in [0.15, 0.2) is 30.5 Å². The van der Waals surface area contributed by atoms with Gasteiger partial charge in [-0.25, -0.2) is 4.68 Å². The van der Waals surface area contributed by atoms with Gasteiger partial charge in [0.05, 0.1) is 29.3 Å². The Hall–Kier alpha value is -2.81. The van der Waals surface area contributed by atoms with Gasteiger partial charge in [-0.1, -0.05) is 17.3 Å². The maximum Gasteiger partial charge on any atom is 0.269 e. The minimum Gasteiger partial charge on any atom is -0.340 e. The Morgan fingerprint density at radius 3 is 2.75 bits per heavy atom. The average molecular weight is 330 g/mol. The Balaban J connectivity index is 1.59. The van der Waals surface area contributed by atoms with Crippen molar-refractivity contribution in [1.82, 2.24) is 19.9 Å². The predicted molar refractivity (Wildman–Crippen MR) is 84.9 cm³/mol. The number of hydrogen-bond acceptors (Lipinski definition) is 6. The second kappa shape index (κ2) is 6.75. The fraction of sp³-hybridized carbons (Fsp3) is 0.400. The van der Waals surface area contributed by atoms with Gasteiger partial charge >= 0.3 is 0 Å². The standard InChI is InChI=1S/C15H18N6O3/c16-8-12-9-20(18-17-12)14-5-6-19(10-14)15(22)7-11-1-3-13(4-2-11)21(23)24/h1-4,9,14H,5-8,10,16H2. The molecule has 1 saturated heterocycles. The topological polar surface area (TPSA) is 120 Å². The lowest BCUT2D eigenvalue weighted by Gasteiger charge is -2.16. The summed E-state index contributed by atoms with van der Waals surface area (Å²) in [5, 5.41) is 18.7. The molecule has 2 aromatic rings. The van der Waals surface area contributed by atoms with Crippen LogP contribution in [0.5, 0.6) is 0 Å². The molecule has 1 atom stereocenters. The molecular formula is C15H18N6O3. The molecule has 1 aliphatic heterocycles. The number of nitro groups is 1. The highest BCUT2D eigenvalue weighted by Crippen LogP contribution is 2.22. The van der Waals surface area contributed by atoms with Crippen LogP contribution in [0, 0.1) is 10.1 Å². The molecule has 1 aromatic heterocycles. The van der Waals surface area contributed by atoms with Crippen molar-refractivity contribution in [3.63, 3.8) is 0 Å². The smallest absolute Gasteiger partial charge is 0.269 e. The molecule has 9 heteroatoms. The molecule has 0 radical (unpaired) electrons. The Morgan fingerprint density at radius 2 is 2.12 bits per heavy atom. The molecule has 3 rings (SSSR count). The minimum atomic E-state index is -0.454. The quantitative estimate of drug-likeness (QED) is 0.635. The van der Waals surface area contributed by atoms with Crippen LogP contribution in [0.4, 0.5) is 5.69 Å². The first-order valence-electron chi connectivity index (χ1n) is 7.68. The molecule has 0 saturated carbocycles. The molecule has 9 nitrogen and oxygen atoms in total. The number of nitrogens with two attached hydrogens (primary N) is 1. The predicted octanol–water partition coefficient (Wildman–Crippen LogP) is 0.661. The zero-order valence-electron chi connectivity index (χ0n) is 13.0. The summed E-state index contributed by atoms with van der Waals surface area (Å²) in [6.07, 6.45) is 2.87. The van der Waals surface area contributed by atoms with E-state index in [9.17, 15) is 14.9 Å². The zero-order chi connectivity index (χ0) is 17.1. The van der Waals surface area contributed by atoms with E-state index in [4.69, 9.17) is 5.73 Å². The number of carbonyl (C=O) groups excluding carboxylic acids is 1. The third-order valence-electron chi connectivity index (χ3n) is 4.16. The number of likely N-dealkylation sites (tertiary alicyclic amines) is 1. The number of nitrogens with zero attached hydrogens (tertiary/aromatic N) is 5. The van der Waals surface area contributed by atoms with E-state index in [-0.39, 0.29) is 24.1 Å². The van der Waals surface area contributed by atoms with E-state index >= 15 is 0 Å². The van der Waals surface area contributed by atoms with E-state index in [1.165, 1.54) is 12.1 Å². The van der Waals surface area contributed by atoms with Crippen LogP contribution in [0.1, 0.15) is 23.7 Å². The largest absolute Gasteiger partial charge is 0.340 e. The van der Waals surface area contributed by atoms with E-state index < -0.39 is 4.92 Å². The van der Waals surface area contributed by atoms with Crippen molar-refractivity contribution in [2.45, 2.75) is 25.4 Å². The molecule has 126 valence electrons. The van der Waals surface area contributed by atoms with Gasteiger partial charge in [-0.05, 0) is 12.0 Å². The van der Waals surface area contributed by atoms with Crippen molar-refractivity contribution in [2.24, 2.45) is 5.73 Å². The highest BCUT2D eigenvalue weighted by atomic mass is 16.6. The van der Waals surface area contributed by atoms with Crippen LogP contribution in [0.25, 0.3) is 0 Å². The maximum atomic E-state index is 12.4. The summed E-state index contributed by atoms with van der Waals surface area (Å²) in [6.45, 7) is 1.59. The minimum absolute atomic E-state index is 0.00511. The molecule has 2 heterocycles. The van der Waals surface area contributed by atoms with Gasteiger partial charge in [0.2, 0.25) is 5.91 Å². The first-order valence-corrected chi connectivity index (χ1v) is 7.68. The lowest BCUT2D eigenvalue weighted by atomic mass is 10.1. The summed E-state index contributed by atoms with van der Waals surface area (Å²) < 4.78 is 1.77. The molecule has 0 bridgehead atoms. The second-order valence-electron chi connectivity index (χ2n) is 5.78. The van der Waals surface area contributed by atoms with Crippen LogP contribution in [-0.4, -0.2) is 43.8 Å². The summed E-state index contributed by atoms with van der Waals surface area (Å²) in [4.78, 5) is 24.4. The molecule has 1 aliphatic rings. The van der Waals surface area contributed by atoms with E-state index in [1.54, 1.807) is 21.7 Å². The highest BCUT2D eigenvalue weighted by Gasteiger charge is 2.28. The van der Waals surface area contributed by atoms with Gasteiger partial charge < -0.3 is 10.6 Å². The molecule has 1 amide bonds. The van der Waals surface area contributed by atoms with Gasteiger partial charge in [-0.15, -0.1) is 5.10 Å².